The number of aryl methyl sites for hydroxylation is 2. The first-order valence-corrected chi connectivity index (χ1v) is 10.9. The van der Waals surface area contributed by atoms with Crippen LogP contribution in [0.2, 0.25) is 0 Å². The third-order valence-corrected chi connectivity index (χ3v) is 5.97. The normalized spacial score (nSPS) is 11.5. The second-order valence-corrected chi connectivity index (χ2v) is 8.37. The first-order chi connectivity index (χ1) is 15.6. The molecule has 2 N–H and O–H groups in total. The molecule has 2 aromatic carbocycles. The van der Waals surface area contributed by atoms with Crippen LogP contribution in [0.15, 0.2) is 57.0 Å². The molecule has 0 fully saturated rings. The Labute approximate surface area is 193 Å². The Morgan fingerprint density at radius 1 is 1.06 bits per heavy atom. The maximum atomic E-state index is 13.3. The van der Waals surface area contributed by atoms with E-state index in [-0.39, 0.29) is 22.3 Å². The minimum absolute atomic E-state index is 0.0203. The highest BCUT2D eigenvalue weighted by Gasteiger charge is 2.22. The summed E-state index contributed by atoms with van der Waals surface area (Å²) in [5, 5.41) is 13.4. The van der Waals surface area contributed by atoms with Gasteiger partial charge in [-0.1, -0.05) is 30.0 Å². The molecule has 0 bridgehead atoms. The van der Waals surface area contributed by atoms with Gasteiger partial charge in [0.2, 0.25) is 11.8 Å². The molecule has 1 heterocycles. The zero-order valence-electron chi connectivity index (χ0n) is 18.5. The monoisotopic (exact) mass is 470 g/mol. The number of para-hydroxylation sites is 1. The molecule has 0 radical (unpaired) electrons. The number of hydrogen-bond donors (Lipinski definition) is 2. The van der Waals surface area contributed by atoms with Crippen LogP contribution in [0.5, 0.6) is 5.88 Å². The lowest BCUT2D eigenvalue weighted by atomic mass is 10.1. The third kappa shape index (κ3) is 5.23. The van der Waals surface area contributed by atoms with E-state index in [9.17, 15) is 23.9 Å². The highest BCUT2D eigenvalue weighted by Crippen LogP contribution is 2.24. The van der Waals surface area contributed by atoms with Gasteiger partial charge in [-0.2, -0.15) is 0 Å². The van der Waals surface area contributed by atoms with E-state index in [2.05, 4.69) is 10.3 Å². The average molecular weight is 471 g/mol. The first-order valence-electron chi connectivity index (χ1n) is 9.92. The summed E-state index contributed by atoms with van der Waals surface area (Å²) in [5.41, 5.74) is 1.11. The number of nitrogens with one attached hydrogen (secondary N) is 1. The Hall–Kier alpha value is -3.66. The van der Waals surface area contributed by atoms with Crippen molar-refractivity contribution >= 4 is 34.1 Å². The Morgan fingerprint density at radius 3 is 2.27 bits per heavy atom. The van der Waals surface area contributed by atoms with Gasteiger partial charge in [-0.05, 0) is 49.2 Å². The summed E-state index contributed by atoms with van der Waals surface area (Å²) in [6.07, 6.45) is 0. The van der Waals surface area contributed by atoms with E-state index in [0.717, 1.165) is 32.0 Å². The van der Waals surface area contributed by atoms with Crippen molar-refractivity contribution < 1.29 is 14.3 Å². The van der Waals surface area contributed by atoms with Crippen LogP contribution in [-0.4, -0.2) is 30.9 Å². The van der Waals surface area contributed by atoms with Crippen LogP contribution < -0.4 is 16.6 Å². The lowest BCUT2D eigenvalue weighted by Crippen LogP contribution is -2.39. The molecule has 0 saturated carbocycles. The van der Waals surface area contributed by atoms with Crippen molar-refractivity contribution in [2.45, 2.75) is 13.8 Å². The summed E-state index contributed by atoms with van der Waals surface area (Å²) >= 11 is 0.920. The minimum atomic E-state index is -0.765. The van der Waals surface area contributed by atoms with Gasteiger partial charge in [0.05, 0.1) is 11.4 Å². The number of carbonyl (C=O) groups excluding carboxylic acids is 1. The Bertz CT molecular complexity index is 1340. The Morgan fingerprint density at radius 2 is 1.67 bits per heavy atom. The highest BCUT2D eigenvalue weighted by atomic mass is 32.2. The topological polar surface area (TPSA) is 106 Å². The molecule has 10 heteroatoms. The van der Waals surface area contributed by atoms with E-state index < -0.39 is 22.9 Å². The Kier molecular flexibility index (Phi) is 7.17. The summed E-state index contributed by atoms with van der Waals surface area (Å²) in [5.74, 6) is -1.51. The maximum Gasteiger partial charge on any atom is 0.333 e. The highest BCUT2D eigenvalue weighted by molar-refractivity contribution is 8.15. The second-order valence-electron chi connectivity index (χ2n) is 7.40. The molecule has 0 saturated heterocycles. The molecular formula is C23H23FN4O4S. The van der Waals surface area contributed by atoms with E-state index in [1.165, 1.54) is 38.4 Å². The molecule has 0 aliphatic carbocycles. The number of aromatic hydroxyl groups is 1. The number of carbonyl (C=O) groups is 1. The standard InChI is InChI=1S/C23H23FN4O4S/c1-13-6-5-7-14(2)19(13)26-17(29)12-33-20(25-16-10-8-15(24)9-11-16)18-21(30)27(3)23(32)28(4)22(18)31/h5-11,30H,12H2,1-4H3,(H,26,29). The fraction of sp³-hybridized carbons (Fsp3) is 0.217. The summed E-state index contributed by atoms with van der Waals surface area (Å²) in [6.45, 7) is 3.76. The molecule has 3 aromatic rings. The number of aliphatic imine (C=N–C) groups is 1. The second kappa shape index (κ2) is 9.86. The SMILES string of the molecule is Cc1cccc(C)c1NC(=O)CSC(=Nc1ccc(F)cc1)c1c(O)n(C)c(=O)n(C)c1=O. The van der Waals surface area contributed by atoms with Crippen molar-refractivity contribution in [1.82, 2.24) is 9.13 Å². The van der Waals surface area contributed by atoms with Gasteiger partial charge in [0, 0.05) is 19.8 Å². The van der Waals surface area contributed by atoms with Gasteiger partial charge < -0.3 is 10.4 Å². The summed E-state index contributed by atoms with van der Waals surface area (Å²) in [7, 11) is 2.59. The van der Waals surface area contributed by atoms with Gasteiger partial charge >= 0.3 is 5.69 Å². The van der Waals surface area contributed by atoms with E-state index in [1.807, 2.05) is 32.0 Å². The smallest absolute Gasteiger partial charge is 0.333 e. The zero-order valence-corrected chi connectivity index (χ0v) is 19.4. The largest absolute Gasteiger partial charge is 0.494 e. The average Bonchev–Trinajstić information content (AvgIpc) is 2.78. The number of halogens is 1. The van der Waals surface area contributed by atoms with Crippen LogP contribution in [0, 0.1) is 19.7 Å². The van der Waals surface area contributed by atoms with Crippen LogP contribution in [0.25, 0.3) is 0 Å². The van der Waals surface area contributed by atoms with Gasteiger partial charge in [0.15, 0.2) is 0 Å². The zero-order chi connectivity index (χ0) is 24.3. The molecule has 1 aromatic heterocycles. The third-order valence-electron chi connectivity index (χ3n) is 4.99. The maximum absolute atomic E-state index is 13.3. The summed E-state index contributed by atoms with van der Waals surface area (Å²) < 4.78 is 15.1. The molecule has 0 aliphatic rings. The number of rotatable bonds is 5. The van der Waals surface area contributed by atoms with E-state index in [1.54, 1.807) is 0 Å². The first kappa shape index (κ1) is 24.0. The summed E-state index contributed by atoms with van der Waals surface area (Å²) in [4.78, 5) is 42.0. The van der Waals surface area contributed by atoms with Crippen LogP contribution in [0.1, 0.15) is 16.7 Å². The lowest BCUT2D eigenvalue weighted by Gasteiger charge is -2.14. The van der Waals surface area contributed by atoms with Gasteiger partial charge in [-0.15, -0.1) is 0 Å². The molecule has 8 nitrogen and oxygen atoms in total. The van der Waals surface area contributed by atoms with Crippen molar-refractivity contribution in [3.8, 4) is 5.88 Å². The van der Waals surface area contributed by atoms with Gasteiger partial charge in [0.25, 0.3) is 5.56 Å². The van der Waals surface area contributed by atoms with E-state index >= 15 is 0 Å². The van der Waals surface area contributed by atoms with Gasteiger partial charge in [-0.25, -0.2) is 14.2 Å². The van der Waals surface area contributed by atoms with Crippen molar-refractivity contribution in [2.24, 2.45) is 19.1 Å². The van der Waals surface area contributed by atoms with E-state index in [4.69, 9.17) is 0 Å². The molecule has 0 atom stereocenters. The van der Waals surface area contributed by atoms with Crippen molar-refractivity contribution in [2.75, 3.05) is 11.1 Å². The quantitative estimate of drug-likeness (QED) is 0.441. The molecule has 33 heavy (non-hydrogen) atoms. The number of benzene rings is 2. The number of nitrogens with zero attached hydrogens (tertiary/aromatic N) is 3. The predicted octanol–water partition coefficient (Wildman–Crippen LogP) is 3.00. The number of anilines is 1. The predicted molar refractivity (Wildman–Crippen MR) is 128 cm³/mol. The number of aromatic nitrogens is 2. The molecule has 3 rings (SSSR count). The molecule has 0 aliphatic heterocycles. The summed E-state index contributed by atoms with van der Waals surface area (Å²) in [6, 6.07) is 10.8. The molecule has 1 amide bonds. The molecule has 0 unspecified atom stereocenters. The molecule has 172 valence electrons. The van der Waals surface area contributed by atoms with Crippen LogP contribution >= 0.6 is 11.8 Å². The van der Waals surface area contributed by atoms with E-state index in [0.29, 0.717) is 11.4 Å². The number of amides is 1. The fourth-order valence-corrected chi connectivity index (χ4v) is 3.97. The minimum Gasteiger partial charge on any atom is -0.494 e. The Balaban J connectivity index is 1.99. The lowest BCUT2D eigenvalue weighted by molar-refractivity contribution is -0.113. The van der Waals surface area contributed by atoms with Gasteiger partial charge in [0.1, 0.15) is 16.4 Å². The van der Waals surface area contributed by atoms with Gasteiger partial charge in [-0.3, -0.25) is 18.7 Å². The molecular weight excluding hydrogens is 447 g/mol. The number of hydrogen-bond acceptors (Lipinski definition) is 6. The fourth-order valence-electron chi connectivity index (χ4n) is 3.13. The number of thioether (sulfide) groups is 1. The van der Waals surface area contributed by atoms with Crippen LogP contribution in [-0.2, 0) is 18.9 Å². The van der Waals surface area contributed by atoms with Crippen molar-refractivity contribution in [3.05, 3.63) is 85.8 Å². The van der Waals surface area contributed by atoms with Crippen molar-refractivity contribution in [3.63, 3.8) is 0 Å². The van der Waals surface area contributed by atoms with Crippen molar-refractivity contribution in [1.29, 1.82) is 0 Å². The van der Waals surface area contributed by atoms with Crippen LogP contribution in [0.3, 0.4) is 0 Å². The van der Waals surface area contributed by atoms with Crippen LogP contribution in [0.4, 0.5) is 15.8 Å². The molecule has 0 spiro atoms.